The van der Waals surface area contributed by atoms with Gasteiger partial charge in [0.1, 0.15) is 5.82 Å². The Morgan fingerprint density at radius 2 is 2.33 bits per heavy atom. The molecule has 1 aliphatic heterocycles. The minimum atomic E-state index is 0.492. The van der Waals surface area contributed by atoms with Gasteiger partial charge in [0.05, 0.1) is 6.10 Å². The largest absolute Gasteiger partial charge is 0.378 e. The van der Waals surface area contributed by atoms with Crippen molar-refractivity contribution in [2.75, 3.05) is 13.2 Å². The Labute approximate surface area is 129 Å². The van der Waals surface area contributed by atoms with Crippen LogP contribution in [0, 0.1) is 0 Å². The van der Waals surface area contributed by atoms with Crippen LogP contribution in [0.4, 0.5) is 0 Å². The molecule has 1 aromatic heterocycles. The fourth-order valence-corrected chi connectivity index (χ4v) is 3.08. The molecule has 2 unspecified atom stereocenters. The first kappa shape index (κ1) is 16.5. The number of rotatable bonds is 10. The Balaban J connectivity index is 1.86. The molecular weight excluding hydrogens is 262 g/mol. The highest BCUT2D eigenvalue weighted by atomic mass is 16.5. The van der Waals surface area contributed by atoms with Crippen LogP contribution in [0.2, 0.25) is 0 Å². The zero-order valence-electron chi connectivity index (χ0n) is 13.7. The zero-order chi connectivity index (χ0) is 14.9. The van der Waals surface area contributed by atoms with E-state index in [9.17, 15) is 0 Å². The molecule has 2 rings (SSSR count). The van der Waals surface area contributed by atoms with Gasteiger partial charge in [0.2, 0.25) is 0 Å². The van der Waals surface area contributed by atoms with E-state index in [0.29, 0.717) is 12.1 Å². The summed E-state index contributed by atoms with van der Waals surface area (Å²) >= 11 is 0. The number of hydrogen-bond acceptors (Lipinski definition) is 3. The Bertz CT molecular complexity index is 385. The molecule has 0 spiro atoms. The highest BCUT2D eigenvalue weighted by Gasteiger charge is 2.19. The molecule has 1 aliphatic rings. The van der Waals surface area contributed by atoms with Gasteiger partial charge in [0.25, 0.3) is 0 Å². The monoisotopic (exact) mass is 293 g/mol. The van der Waals surface area contributed by atoms with Crippen LogP contribution in [0.3, 0.4) is 0 Å². The predicted octanol–water partition coefficient (Wildman–Crippen LogP) is 3.16. The lowest BCUT2D eigenvalue weighted by Gasteiger charge is -2.20. The van der Waals surface area contributed by atoms with E-state index in [1.165, 1.54) is 37.9 Å². The first-order valence-electron chi connectivity index (χ1n) is 8.68. The van der Waals surface area contributed by atoms with Crippen LogP contribution >= 0.6 is 0 Å². The van der Waals surface area contributed by atoms with Crippen molar-refractivity contribution >= 4 is 0 Å². The van der Waals surface area contributed by atoms with E-state index in [2.05, 4.69) is 34.9 Å². The number of aromatic nitrogens is 2. The minimum Gasteiger partial charge on any atom is -0.378 e. The third kappa shape index (κ3) is 5.44. The maximum Gasteiger partial charge on any atom is 0.110 e. The van der Waals surface area contributed by atoms with Crippen LogP contribution in [0.5, 0.6) is 0 Å². The van der Waals surface area contributed by atoms with Crippen molar-refractivity contribution in [2.24, 2.45) is 0 Å². The van der Waals surface area contributed by atoms with Gasteiger partial charge in [0, 0.05) is 38.0 Å². The molecule has 4 nitrogen and oxygen atoms in total. The molecule has 120 valence electrons. The first-order chi connectivity index (χ1) is 10.3. The SMILES string of the molecule is CCCNC(CCC1CCCO1)Cc1nccn1CCC. The van der Waals surface area contributed by atoms with E-state index >= 15 is 0 Å². The highest BCUT2D eigenvalue weighted by molar-refractivity contribution is 4.96. The second-order valence-corrected chi connectivity index (χ2v) is 6.10. The second-order valence-electron chi connectivity index (χ2n) is 6.10. The van der Waals surface area contributed by atoms with Gasteiger partial charge in [-0.15, -0.1) is 0 Å². The van der Waals surface area contributed by atoms with Crippen molar-refractivity contribution in [1.29, 1.82) is 0 Å². The van der Waals surface area contributed by atoms with Gasteiger partial charge in [-0.05, 0) is 45.1 Å². The standard InChI is InChI=1S/C17H31N3O/c1-3-9-18-15(7-8-16-6-5-13-21-16)14-17-19-10-12-20(17)11-4-2/h10,12,15-16,18H,3-9,11,13-14H2,1-2H3. The molecule has 4 heteroatoms. The lowest BCUT2D eigenvalue weighted by atomic mass is 10.0. The maximum absolute atomic E-state index is 5.76. The molecule has 1 fully saturated rings. The summed E-state index contributed by atoms with van der Waals surface area (Å²) in [6.45, 7) is 7.56. The number of imidazole rings is 1. The molecule has 2 heterocycles. The predicted molar refractivity (Wildman–Crippen MR) is 86.5 cm³/mol. The summed E-state index contributed by atoms with van der Waals surface area (Å²) in [5, 5.41) is 3.69. The van der Waals surface area contributed by atoms with Crippen LogP contribution in [0.1, 0.15) is 58.2 Å². The Kier molecular flexibility index (Phi) is 7.24. The molecule has 1 saturated heterocycles. The number of nitrogens with zero attached hydrogens (tertiary/aromatic N) is 2. The normalized spacial score (nSPS) is 20.0. The van der Waals surface area contributed by atoms with Crippen LogP contribution in [0.25, 0.3) is 0 Å². The van der Waals surface area contributed by atoms with Crippen LogP contribution < -0.4 is 5.32 Å². The summed E-state index contributed by atoms with van der Waals surface area (Å²) in [6.07, 6.45) is 12.7. The first-order valence-corrected chi connectivity index (χ1v) is 8.68. The summed E-state index contributed by atoms with van der Waals surface area (Å²) in [5.74, 6) is 1.22. The van der Waals surface area contributed by atoms with E-state index in [-0.39, 0.29) is 0 Å². The lowest BCUT2D eigenvalue weighted by Crippen LogP contribution is -2.33. The van der Waals surface area contributed by atoms with Crippen LogP contribution in [-0.2, 0) is 17.7 Å². The third-order valence-corrected chi connectivity index (χ3v) is 4.24. The van der Waals surface area contributed by atoms with E-state index in [1.807, 2.05) is 6.20 Å². The van der Waals surface area contributed by atoms with Crippen molar-refractivity contribution in [3.63, 3.8) is 0 Å². The average Bonchev–Trinajstić information content (AvgIpc) is 3.14. The van der Waals surface area contributed by atoms with Gasteiger partial charge < -0.3 is 14.6 Å². The fourth-order valence-electron chi connectivity index (χ4n) is 3.08. The summed E-state index contributed by atoms with van der Waals surface area (Å²) in [7, 11) is 0. The molecule has 2 atom stereocenters. The summed E-state index contributed by atoms with van der Waals surface area (Å²) < 4.78 is 8.06. The number of aryl methyl sites for hydroxylation is 1. The number of nitrogens with one attached hydrogen (secondary N) is 1. The molecular formula is C17H31N3O. The zero-order valence-corrected chi connectivity index (χ0v) is 13.7. The van der Waals surface area contributed by atoms with Crippen molar-refractivity contribution in [3.8, 4) is 0 Å². The minimum absolute atomic E-state index is 0.492. The summed E-state index contributed by atoms with van der Waals surface area (Å²) in [5.41, 5.74) is 0. The summed E-state index contributed by atoms with van der Waals surface area (Å²) in [6, 6.07) is 0.521. The van der Waals surface area contributed by atoms with Gasteiger partial charge in [-0.3, -0.25) is 0 Å². The van der Waals surface area contributed by atoms with Crippen molar-refractivity contribution in [2.45, 2.75) is 77.5 Å². The van der Waals surface area contributed by atoms with Crippen molar-refractivity contribution in [3.05, 3.63) is 18.2 Å². The average molecular weight is 293 g/mol. The third-order valence-electron chi connectivity index (χ3n) is 4.24. The van der Waals surface area contributed by atoms with E-state index in [1.54, 1.807) is 0 Å². The fraction of sp³-hybridized carbons (Fsp3) is 0.824. The quantitative estimate of drug-likeness (QED) is 0.720. The topological polar surface area (TPSA) is 39.1 Å². The second kappa shape index (κ2) is 9.21. The molecule has 21 heavy (non-hydrogen) atoms. The molecule has 0 radical (unpaired) electrons. The molecule has 0 saturated carbocycles. The lowest BCUT2D eigenvalue weighted by molar-refractivity contribution is 0.0994. The Hall–Kier alpha value is -0.870. The van der Waals surface area contributed by atoms with Crippen LogP contribution in [0.15, 0.2) is 12.4 Å². The van der Waals surface area contributed by atoms with Gasteiger partial charge >= 0.3 is 0 Å². The number of hydrogen-bond donors (Lipinski definition) is 1. The maximum atomic E-state index is 5.76. The van der Waals surface area contributed by atoms with Crippen molar-refractivity contribution < 1.29 is 4.74 Å². The van der Waals surface area contributed by atoms with Gasteiger partial charge in [0.15, 0.2) is 0 Å². The Morgan fingerprint density at radius 1 is 1.43 bits per heavy atom. The van der Waals surface area contributed by atoms with Gasteiger partial charge in [-0.1, -0.05) is 13.8 Å². The summed E-state index contributed by atoms with van der Waals surface area (Å²) in [4.78, 5) is 4.55. The molecule has 1 aromatic rings. The van der Waals surface area contributed by atoms with Crippen molar-refractivity contribution in [1.82, 2.24) is 14.9 Å². The van der Waals surface area contributed by atoms with Gasteiger partial charge in [-0.2, -0.15) is 0 Å². The highest BCUT2D eigenvalue weighted by Crippen LogP contribution is 2.19. The molecule has 0 amide bonds. The van der Waals surface area contributed by atoms with Crippen LogP contribution in [-0.4, -0.2) is 34.8 Å². The van der Waals surface area contributed by atoms with E-state index in [4.69, 9.17) is 4.74 Å². The molecule has 1 N–H and O–H groups in total. The van der Waals surface area contributed by atoms with E-state index < -0.39 is 0 Å². The molecule has 0 aliphatic carbocycles. The smallest absolute Gasteiger partial charge is 0.110 e. The molecule has 0 aromatic carbocycles. The van der Waals surface area contributed by atoms with E-state index in [0.717, 1.165) is 32.5 Å². The van der Waals surface area contributed by atoms with Gasteiger partial charge in [-0.25, -0.2) is 4.98 Å². The number of ether oxygens (including phenoxy) is 1. The molecule has 0 bridgehead atoms. The Morgan fingerprint density at radius 3 is 3.05 bits per heavy atom.